The standard InChI is InChI=1S/C17H16ClFN2O2/c1-11-6-7-13(10-14(11)18)21-17(23)16(22)20-9-8-12-4-2-3-5-15(12)19/h2-7,10H,8-9H2,1H3,(H,20,22)(H,21,23). The quantitative estimate of drug-likeness (QED) is 0.844. The second kappa shape index (κ2) is 7.74. The fourth-order valence-corrected chi connectivity index (χ4v) is 2.13. The SMILES string of the molecule is Cc1ccc(NC(=O)C(=O)NCCc2ccccc2F)cc1Cl. The highest BCUT2D eigenvalue weighted by atomic mass is 35.5. The van der Waals surface area contributed by atoms with E-state index in [0.29, 0.717) is 22.7 Å². The fourth-order valence-electron chi connectivity index (χ4n) is 1.95. The second-order valence-electron chi connectivity index (χ2n) is 5.02. The lowest BCUT2D eigenvalue weighted by Gasteiger charge is -2.08. The number of hydrogen-bond acceptors (Lipinski definition) is 2. The van der Waals surface area contributed by atoms with E-state index in [2.05, 4.69) is 10.6 Å². The van der Waals surface area contributed by atoms with Crippen molar-refractivity contribution in [2.45, 2.75) is 13.3 Å². The zero-order valence-corrected chi connectivity index (χ0v) is 13.3. The molecule has 0 radical (unpaired) electrons. The minimum atomic E-state index is -0.793. The molecule has 0 saturated carbocycles. The molecule has 0 aliphatic heterocycles. The van der Waals surface area contributed by atoms with E-state index in [1.807, 2.05) is 6.92 Å². The first-order valence-electron chi connectivity index (χ1n) is 7.06. The van der Waals surface area contributed by atoms with Gasteiger partial charge in [-0.2, -0.15) is 0 Å². The van der Waals surface area contributed by atoms with Crippen molar-refractivity contribution < 1.29 is 14.0 Å². The molecule has 120 valence electrons. The lowest BCUT2D eigenvalue weighted by Crippen LogP contribution is -2.36. The van der Waals surface area contributed by atoms with Gasteiger partial charge in [0.05, 0.1) is 0 Å². The number of carbonyl (C=O) groups is 2. The first kappa shape index (κ1) is 17.0. The van der Waals surface area contributed by atoms with Crippen LogP contribution in [0.1, 0.15) is 11.1 Å². The Morgan fingerprint density at radius 2 is 1.87 bits per heavy atom. The van der Waals surface area contributed by atoms with Crippen molar-refractivity contribution >= 4 is 29.1 Å². The first-order valence-corrected chi connectivity index (χ1v) is 7.44. The fraction of sp³-hybridized carbons (Fsp3) is 0.176. The molecule has 0 atom stereocenters. The lowest BCUT2D eigenvalue weighted by atomic mass is 10.1. The molecule has 2 aromatic carbocycles. The second-order valence-corrected chi connectivity index (χ2v) is 5.42. The Balaban J connectivity index is 1.84. The van der Waals surface area contributed by atoms with Crippen molar-refractivity contribution in [2.75, 3.05) is 11.9 Å². The number of halogens is 2. The average Bonchev–Trinajstić information content (AvgIpc) is 2.52. The Hall–Kier alpha value is -2.40. The van der Waals surface area contributed by atoms with Gasteiger partial charge in [-0.05, 0) is 42.7 Å². The van der Waals surface area contributed by atoms with E-state index in [1.54, 1.807) is 36.4 Å². The van der Waals surface area contributed by atoms with Crippen molar-refractivity contribution in [3.8, 4) is 0 Å². The zero-order chi connectivity index (χ0) is 16.8. The highest BCUT2D eigenvalue weighted by Crippen LogP contribution is 2.19. The van der Waals surface area contributed by atoms with Gasteiger partial charge in [0.2, 0.25) is 0 Å². The summed E-state index contributed by atoms with van der Waals surface area (Å²) in [5.41, 5.74) is 1.80. The minimum Gasteiger partial charge on any atom is -0.347 e. The smallest absolute Gasteiger partial charge is 0.313 e. The first-order chi connectivity index (χ1) is 11.0. The van der Waals surface area contributed by atoms with E-state index in [9.17, 15) is 14.0 Å². The van der Waals surface area contributed by atoms with Gasteiger partial charge in [-0.3, -0.25) is 9.59 Å². The predicted octanol–water partition coefficient (Wildman–Crippen LogP) is 3.08. The highest BCUT2D eigenvalue weighted by Gasteiger charge is 2.13. The van der Waals surface area contributed by atoms with Gasteiger partial charge in [0.25, 0.3) is 0 Å². The van der Waals surface area contributed by atoms with Crippen molar-refractivity contribution in [3.05, 3.63) is 64.4 Å². The molecule has 23 heavy (non-hydrogen) atoms. The van der Waals surface area contributed by atoms with Crippen LogP contribution in [0.4, 0.5) is 10.1 Å². The summed E-state index contributed by atoms with van der Waals surface area (Å²) in [5.74, 6) is -1.91. The minimum absolute atomic E-state index is 0.168. The molecule has 4 nitrogen and oxygen atoms in total. The molecule has 0 aliphatic rings. The number of benzene rings is 2. The number of amides is 2. The Bertz CT molecular complexity index is 734. The Labute approximate surface area is 138 Å². The molecule has 2 amide bonds. The molecule has 0 saturated heterocycles. The summed E-state index contributed by atoms with van der Waals surface area (Å²) in [4.78, 5) is 23.5. The van der Waals surface area contributed by atoms with Gasteiger partial charge in [-0.15, -0.1) is 0 Å². The van der Waals surface area contributed by atoms with Crippen LogP contribution in [-0.4, -0.2) is 18.4 Å². The van der Waals surface area contributed by atoms with Crippen LogP contribution >= 0.6 is 11.6 Å². The van der Waals surface area contributed by atoms with Crippen molar-refractivity contribution in [1.82, 2.24) is 5.32 Å². The number of anilines is 1. The molecule has 0 bridgehead atoms. The van der Waals surface area contributed by atoms with Crippen LogP contribution in [0.15, 0.2) is 42.5 Å². The molecule has 0 aliphatic carbocycles. The average molecular weight is 335 g/mol. The van der Waals surface area contributed by atoms with Crippen LogP contribution in [0.25, 0.3) is 0 Å². The lowest BCUT2D eigenvalue weighted by molar-refractivity contribution is -0.136. The summed E-state index contributed by atoms with van der Waals surface area (Å²) in [6.07, 6.45) is 0.308. The maximum absolute atomic E-state index is 13.4. The van der Waals surface area contributed by atoms with E-state index in [1.165, 1.54) is 6.07 Å². The van der Waals surface area contributed by atoms with Gasteiger partial charge in [0.1, 0.15) is 5.82 Å². The van der Waals surface area contributed by atoms with E-state index < -0.39 is 11.8 Å². The van der Waals surface area contributed by atoms with Crippen LogP contribution < -0.4 is 10.6 Å². The summed E-state index contributed by atoms with van der Waals surface area (Å²) in [6, 6.07) is 11.3. The summed E-state index contributed by atoms with van der Waals surface area (Å²) < 4.78 is 13.4. The largest absolute Gasteiger partial charge is 0.347 e. The topological polar surface area (TPSA) is 58.2 Å². The number of carbonyl (C=O) groups excluding carboxylic acids is 2. The van der Waals surface area contributed by atoms with Crippen molar-refractivity contribution in [2.24, 2.45) is 0 Å². The van der Waals surface area contributed by atoms with Gasteiger partial charge >= 0.3 is 11.8 Å². The molecule has 2 N–H and O–H groups in total. The highest BCUT2D eigenvalue weighted by molar-refractivity contribution is 6.39. The number of aryl methyl sites for hydroxylation is 1. The third kappa shape index (κ3) is 4.79. The summed E-state index contributed by atoms with van der Waals surface area (Å²) in [5, 5.41) is 5.42. The molecule has 2 rings (SSSR count). The van der Waals surface area contributed by atoms with Crippen molar-refractivity contribution in [3.63, 3.8) is 0 Å². The molecular formula is C17H16ClFN2O2. The molecule has 0 spiro atoms. The number of hydrogen-bond donors (Lipinski definition) is 2. The van der Waals surface area contributed by atoms with E-state index >= 15 is 0 Å². The normalized spacial score (nSPS) is 10.2. The third-order valence-corrected chi connectivity index (χ3v) is 3.68. The van der Waals surface area contributed by atoms with Gasteiger partial charge in [-0.1, -0.05) is 35.9 Å². The van der Waals surface area contributed by atoms with E-state index in [-0.39, 0.29) is 12.4 Å². The zero-order valence-electron chi connectivity index (χ0n) is 12.5. The van der Waals surface area contributed by atoms with Crippen LogP contribution in [0.2, 0.25) is 5.02 Å². The monoisotopic (exact) mass is 334 g/mol. The maximum atomic E-state index is 13.4. The molecule has 0 aromatic heterocycles. The van der Waals surface area contributed by atoms with Crippen LogP contribution in [0.3, 0.4) is 0 Å². The van der Waals surface area contributed by atoms with Crippen molar-refractivity contribution in [1.29, 1.82) is 0 Å². The van der Waals surface area contributed by atoms with Gasteiger partial charge < -0.3 is 10.6 Å². The van der Waals surface area contributed by atoms with Crippen LogP contribution in [0.5, 0.6) is 0 Å². The Morgan fingerprint density at radius 1 is 1.13 bits per heavy atom. The number of rotatable bonds is 4. The summed E-state index contributed by atoms with van der Waals surface area (Å²) in [6.45, 7) is 2.01. The summed E-state index contributed by atoms with van der Waals surface area (Å²) in [7, 11) is 0. The number of nitrogens with one attached hydrogen (secondary N) is 2. The summed E-state index contributed by atoms with van der Waals surface area (Å²) >= 11 is 5.96. The van der Waals surface area contributed by atoms with Gasteiger partial charge in [0.15, 0.2) is 0 Å². The molecule has 0 unspecified atom stereocenters. The van der Waals surface area contributed by atoms with Gasteiger partial charge in [-0.25, -0.2) is 4.39 Å². The molecular weight excluding hydrogens is 319 g/mol. The van der Waals surface area contributed by atoms with E-state index in [0.717, 1.165) is 5.56 Å². The van der Waals surface area contributed by atoms with Crippen LogP contribution in [-0.2, 0) is 16.0 Å². The van der Waals surface area contributed by atoms with Gasteiger partial charge in [0, 0.05) is 17.3 Å². The van der Waals surface area contributed by atoms with E-state index in [4.69, 9.17) is 11.6 Å². The molecule has 0 fully saturated rings. The molecule has 6 heteroatoms. The predicted molar refractivity (Wildman–Crippen MR) is 87.9 cm³/mol. The maximum Gasteiger partial charge on any atom is 0.313 e. The molecule has 2 aromatic rings. The van der Waals surface area contributed by atoms with Crippen LogP contribution in [0, 0.1) is 12.7 Å². The Kier molecular flexibility index (Phi) is 5.71. The third-order valence-electron chi connectivity index (χ3n) is 3.27. The Morgan fingerprint density at radius 3 is 2.57 bits per heavy atom. The molecule has 0 heterocycles.